The van der Waals surface area contributed by atoms with Crippen molar-refractivity contribution in [3.05, 3.63) is 0 Å². The van der Waals surface area contributed by atoms with Gasteiger partial charge in [-0.15, -0.1) is 0 Å². The molecule has 0 spiro atoms. The zero-order valence-corrected chi connectivity index (χ0v) is 6.31. The van der Waals surface area contributed by atoms with E-state index in [-0.39, 0.29) is 35.2 Å². The van der Waals surface area contributed by atoms with Crippen molar-refractivity contribution in [1.29, 1.82) is 0 Å². The minimum absolute atomic E-state index is 0. The molecule has 0 aliphatic carbocycles. The summed E-state index contributed by atoms with van der Waals surface area (Å²) in [5.41, 5.74) is 15.4. The molecule has 0 aromatic carbocycles. The standard InChI is InChI=1S/C3H6N6.Al/c4-1-7-2(5)9-3(6)8-1;/h(H6,4,5,6,7,8,9);. The van der Waals surface area contributed by atoms with Crippen molar-refractivity contribution in [3.8, 4) is 0 Å². The molecule has 51 valence electrons. The van der Waals surface area contributed by atoms with E-state index >= 15 is 0 Å². The Morgan fingerprint density at radius 3 is 1.10 bits per heavy atom. The summed E-state index contributed by atoms with van der Waals surface area (Å²) >= 11 is 0. The minimum atomic E-state index is 0. The SMILES string of the molecule is Nc1nc(N)nc(N)n1.[Al]. The van der Waals surface area contributed by atoms with Crippen molar-refractivity contribution >= 4 is 35.2 Å². The lowest BCUT2D eigenvalue weighted by molar-refractivity contribution is 1.09. The first-order valence-electron chi connectivity index (χ1n) is 2.21. The maximum absolute atomic E-state index is 5.14. The van der Waals surface area contributed by atoms with Crippen LogP contribution >= 0.6 is 0 Å². The normalized spacial score (nSPS) is 8.40. The number of aromatic nitrogens is 3. The first-order valence-corrected chi connectivity index (χ1v) is 2.21. The number of anilines is 3. The van der Waals surface area contributed by atoms with Crippen LogP contribution in [0.25, 0.3) is 0 Å². The Bertz CT molecular complexity index is 174. The summed E-state index contributed by atoms with van der Waals surface area (Å²) < 4.78 is 0. The maximum Gasteiger partial charge on any atom is 0.226 e. The fraction of sp³-hybridized carbons (Fsp3) is 0. The number of hydrogen-bond donors (Lipinski definition) is 3. The van der Waals surface area contributed by atoms with Gasteiger partial charge in [-0.2, -0.15) is 15.0 Å². The van der Waals surface area contributed by atoms with Gasteiger partial charge in [-0.05, 0) is 0 Å². The number of hydrogen-bond acceptors (Lipinski definition) is 6. The Labute approximate surface area is 68.0 Å². The van der Waals surface area contributed by atoms with E-state index in [1.165, 1.54) is 0 Å². The van der Waals surface area contributed by atoms with E-state index in [1.54, 1.807) is 0 Å². The van der Waals surface area contributed by atoms with Gasteiger partial charge in [0.2, 0.25) is 17.8 Å². The Balaban J connectivity index is 0.000000810. The van der Waals surface area contributed by atoms with E-state index in [1.807, 2.05) is 0 Å². The molecular weight excluding hydrogens is 147 g/mol. The highest BCUT2D eigenvalue weighted by Crippen LogP contribution is 1.97. The van der Waals surface area contributed by atoms with Crippen LogP contribution in [0, 0.1) is 0 Å². The predicted molar refractivity (Wildman–Crippen MR) is 38.8 cm³/mol. The first-order chi connectivity index (χ1) is 4.18. The fourth-order valence-electron chi connectivity index (χ4n) is 0.427. The number of rotatable bonds is 0. The summed E-state index contributed by atoms with van der Waals surface area (Å²) in [4.78, 5) is 10.5. The summed E-state index contributed by atoms with van der Waals surface area (Å²) in [5, 5.41) is 0. The lowest BCUT2D eigenvalue weighted by atomic mass is 10.9. The largest absolute Gasteiger partial charge is 0.368 e. The second kappa shape index (κ2) is 3.20. The summed E-state index contributed by atoms with van der Waals surface area (Å²) in [6.07, 6.45) is 0. The van der Waals surface area contributed by atoms with Crippen molar-refractivity contribution in [2.75, 3.05) is 17.2 Å². The molecule has 6 nitrogen and oxygen atoms in total. The van der Waals surface area contributed by atoms with Crippen molar-refractivity contribution in [2.24, 2.45) is 0 Å². The molecule has 6 N–H and O–H groups in total. The minimum Gasteiger partial charge on any atom is -0.368 e. The molecule has 0 aliphatic heterocycles. The summed E-state index contributed by atoms with van der Waals surface area (Å²) in [7, 11) is 0. The fourth-order valence-corrected chi connectivity index (χ4v) is 0.427. The number of nitrogens with zero attached hydrogens (tertiary/aromatic N) is 3. The Kier molecular flexibility index (Phi) is 2.86. The Morgan fingerprint density at radius 1 is 0.700 bits per heavy atom. The molecule has 1 aromatic heterocycles. The molecule has 7 heteroatoms. The van der Waals surface area contributed by atoms with Gasteiger partial charge in [-0.1, -0.05) is 0 Å². The van der Waals surface area contributed by atoms with Gasteiger partial charge in [0.15, 0.2) is 0 Å². The summed E-state index contributed by atoms with van der Waals surface area (Å²) in [6.45, 7) is 0. The van der Waals surface area contributed by atoms with E-state index in [4.69, 9.17) is 17.2 Å². The van der Waals surface area contributed by atoms with Gasteiger partial charge in [0, 0.05) is 17.4 Å². The molecule has 3 radical (unpaired) electrons. The average molecular weight is 153 g/mol. The van der Waals surface area contributed by atoms with E-state index in [0.717, 1.165) is 0 Å². The van der Waals surface area contributed by atoms with Crippen molar-refractivity contribution < 1.29 is 0 Å². The lowest BCUT2D eigenvalue weighted by Crippen LogP contribution is -2.05. The molecule has 0 amide bonds. The van der Waals surface area contributed by atoms with Crippen LogP contribution in [0.1, 0.15) is 0 Å². The molecule has 10 heavy (non-hydrogen) atoms. The molecule has 1 heterocycles. The molecule has 1 rings (SSSR count). The molecule has 0 atom stereocenters. The molecule has 0 bridgehead atoms. The Morgan fingerprint density at radius 2 is 0.900 bits per heavy atom. The molecule has 0 saturated heterocycles. The maximum atomic E-state index is 5.14. The van der Waals surface area contributed by atoms with Crippen LogP contribution in [0.5, 0.6) is 0 Å². The number of nitrogen functional groups attached to an aromatic ring is 3. The zero-order chi connectivity index (χ0) is 6.85. The van der Waals surface area contributed by atoms with Crippen LogP contribution < -0.4 is 17.2 Å². The van der Waals surface area contributed by atoms with Crippen LogP contribution in [-0.2, 0) is 0 Å². The van der Waals surface area contributed by atoms with Gasteiger partial charge >= 0.3 is 0 Å². The van der Waals surface area contributed by atoms with Gasteiger partial charge in [0.25, 0.3) is 0 Å². The number of nitrogens with two attached hydrogens (primary N) is 3. The third-order valence-corrected chi connectivity index (χ3v) is 0.687. The predicted octanol–water partition coefficient (Wildman–Crippen LogP) is -1.76. The van der Waals surface area contributed by atoms with Crippen molar-refractivity contribution in [1.82, 2.24) is 15.0 Å². The van der Waals surface area contributed by atoms with E-state index < -0.39 is 0 Å². The monoisotopic (exact) mass is 153 g/mol. The van der Waals surface area contributed by atoms with E-state index in [2.05, 4.69) is 15.0 Å². The highest BCUT2D eigenvalue weighted by atomic mass is 27.0. The van der Waals surface area contributed by atoms with Gasteiger partial charge in [-0.3, -0.25) is 0 Å². The lowest BCUT2D eigenvalue weighted by Gasteiger charge is -1.93. The second-order valence-electron chi connectivity index (χ2n) is 1.41. The summed E-state index contributed by atoms with van der Waals surface area (Å²) in [5.74, 6) is 0.125. The van der Waals surface area contributed by atoms with Crippen LogP contribution in [0.2, 0.25) is 0 Å². The topological polar surface area (TPSA) is 117 Å². The highest BCUT2D eigenvalue weighted by Gasteiger charge is 1.93. The first kappa shape index (κ1) is 8.94. The zero-order valence-electron chi connectivity index (χ0n) is 5.15. The smallest absolute Gasteiger partial charge is 0.226 e. The summed E-state index contributed by atoms with van der Waals surface area (Å²) in [6, 6.07) is 0. The molecule has 0 unspecified atom stereocenters. The highest BCUT2D eigenvalue weighted by molar-refractivity contribution is 5.75. The molecule has 1 aromatic rings. The van der Waals surface area contributed by atoms with Crippen LogP contribution in [-0.4, -0.2) is 32.3 Å². The molecule has 0 saturated carbocycles. The van der Waals surface area contributed by atoms with Gasteiger partial charge in [0.1, 0.15) is 0 Å². The van der Waals surface area contributed by atoms with Gasteiger partial charge in [-0.25, -0.2) is 0 Å². The van der Waals surface area contributed by atoms with E-state index in [9.17, 15) is 0 Å². The second-order valence-corrected chi connectivity index (χ2v) is 1.41. The third-order valence-electron chi connectivity index (χ3n) is 0.687. The molecule has 0 fully saturated rings. The van der Waals surface area contributed by atoms with Gasteiger partial charge < -0.3 is 17.2 Å². The van der Waals surface area contributed by atoms with Crippen LogP contribution in [0.15, 0.2) is 0 Å². The average Bonchev–Trinajstić information content (AvgIpc) is 1.59. The quantitative estimate of drug-likeness (QED) is 0.380. The van der Waals surface area contributed by atoms with Crippen LogP contribution in [0.3, 0.4) is 0 Å². The van der Waals surface area contributed by atoms with E-state index in [0.29, 0.717) is 0 Å². The third kappa shape index (κ3) is 2.05. The van der Waals surface area contributed by atoms with Crippen LogP contribution in [0.4, 0.5) is 17.8 Å². The van der Waals surface area contributed by atoms with Crippen molar-refractivity contribution in [2.45, 2.75) is 0 Å². The molecular formula is C3H6AlN6. The Hall–Kier alpha value is -1.06. The molecule has 0 aliphatic rings. The van der Waals surface area contributed by atoms with Crippen molar-refractivity contribution in [3.63, 3.8) is 0 Å². The van der Waals surface area contributed by atoms with Gasteiger partial charge in [0.05, 0.1) is 0 Å².